The zero-order valence-corrected chi connectivity index (χ0v) is 14.5. The van der Waals surface area contributed by atoms with Gasteiger partial charge in [0.2, 0.25) is 5.91 Å². The van der Waals surface area contributed by atoms with Crippen molar-refractivity contribution in [2.45, 2.75) is 50.6 Å². The smallest absolute Gasteiger partial charge is 0.224 e. The van der Waals surface area contributed by atoms with Crippen molar-refractivity contribution in [3.05, 3.63) is 29.8 Å². The van der Waals surface area contributed by atoms with E-state index in [-0.39, 0.29) is 18.3 Å². The molecule has 23 heavy (non-hydrogen) atoms. The highest BCUT2D eigenvalue weighted by molar-refractivity contribution is 5.85. The van der Waals surface area contributed by atoms with Crippen LogP contribution in [0, 0.1) is 11.8 Å². The third-order valence-electron chi connectivity index (χ3n) is 5.25. The normalized spacial score (nSPS) is 29.3. The molecule has 1 aromatic carbocycles. The van der Waals surface area contributed by atoms with E-state index >= 15 is 0 Å². The van der Waals surface area contributed by atoms with E-state index in [0.717, 1.165) is 24.2 Å². The summed E-state index contributed by atoms with van der Waals surface area (Å²) >= 11 is 0. The van der Waals surface area contributed by atoms with E-state index in [1.807, 2.05) is 24.3 Å². The largest absolute Gasteiger partial charge is 0.496 e. The number of hydrogen-bond donors (Lipinski definition) is 2. The molecule has 1 aromatic rings. The molecule has 2 fully saturated rings. The molecule has 3 N–H and O–H groups in total. The Labute approximate surface area is 144 Å². The van der Waals surface area contributed by atoms with E-state index in [1.165, 1.54) is 19.3 Å². The third kappa shape index (κ3) is 4.18. The van der Waals surface area contributed by atoms with Crippen molar-refractivity contribution in [1.29, 1.82) is 0 Å². The van der Waals surface area contributed by atoms with E-state index in [1.54, 1.807) is 7.11 Å². The second-order valence-corrected chi connectivity index (χ2v) is 6.76. The van der Waals surface area contributed by atoms with E-state index in [4.69, 9.17) is 10.5 Å². The van der Waals surface area contributed by atoms with Gasteiger partial charge in [-0.25, -0.2) is 0 Å². The van der Waals surface area contributed by atoms with Gasteiger partial charge in [0, 0.05) is 17.6 Å². The second-order valence-electron chi connectivity index (χ2n) is 6.76. The van der Waals surface area contributed by atoms with Gasteiger partial charge in [-0.05, 0) is 43.6 Å². The topological polar surface area (TPSA) is 64.3 Å². The Balaban J connectivity index is 0.00000192. The molecular weight excluding hydrogens is 312 g/mol. The second kappa shape index (κ2) is 8.02. The van der Waals surface area contributed by atoms with E-state index in [9.17, 15) is 4.79 Å². The first-order valence-electron chi connectivity index (χ1n) is 8.34. The minimum Gasteiger partial charge on any atom is -0.496 e. The number of carbonyl (C=O) groups is 1. The number of hydrogen-bond acceptors (Lipinski definition) is 3. The van der Waals surface area contributed by atoms with Crippen LogP contribution in [0.3, 0.4) is 0 Å². The minimum atomic E-state index is 0. The van der Waals surface area contributed by atoms with Gasteiger partial charge in [-0.3, -0.25) is 4.79 Å². The van der Waals surface area contributed by atoms with Crippen LogP contribution >= 0.6 is 12.4 Å². The van der Waals surface area contributed by atoms with Crippen molar-refractivity contribution in [3.8, 4) is 5.75 Å². The first-order chi connectivity index (χ1) is 10.7. The molecule has 1 amide bonds. The van der Waals surface area contributed by atoms with Gasteiger partial charge in [-0.15, -0.1) is 12.4 Å². The van der Waals surface area contributed by atoms with E-state index in [0.29, 0.717) is 30.3 Å². The fourth-order valence-electron chi connectivity index (χ4n) is 4.28. The van der Waals surface area contributed by atoms with Crippen molar-refractivity contribution in [3.63, 3.8) is 0 Å². The van der Waals surface area contributed by atoms with Crippen molar-refractivity contribution in [1.82, 2.24) is 5.32 Å². The van der Waals surface area contributed by atoms with Crippen LogP contribution in [0.1, 0.15) is 37.7 Å². The summed E-state index contributed by atoms with van der Waals surface area (Å²) in [7, 11) is 1.64. The molecule has 0 aliphatic heterocycles. The number of carbonyl (C=O) groups excluding carboxylic acids is 1. The maximum Gasteiger partial charge on any atom is 0.224 e. The summed E-state index contributed by atoms with van der Waals surface area (Å²) in [6.45, 7) is 0. The van der Waals surface area contributed by atoms with Crippen LogP contribution in [-0.2, 0) is 11.2 Å². The monoisotopic (exact) mass is 338 g/mol. The summed E-state index contributed by atoms with van der Waals surface area (Å²) in [5.74, 6) is 2.00. The Morgan fingerprint density at radius 1 is 1.26 bits per heavy atom. The molecule has 5 heteroatoms. The summed E-state index contributed by atoms with van der Waals surface area (Å²) in [5.41, 5.74) is 7.09. The maximum absolute atomic E-state index is 12.5. The molecule has 0 radical (unpaired) electrons. The van der Waals surface area contributed by atoms with Crippen LogP contribution < -0.4 is 15.8 Å². The van der Waals surface area contributed by atoms with Crippen molar-refractivity contribution in [2.24, 2.45) is 17.6 Å². The SMILES string of the molecule is COc1ccccc1CC(=O)NC1C2CCCC1CC(N)C2.Cl. The molecule has 0 saturated heterocycles. The van der Waals surface area contributed by atoms with Gasteiger partial charge in [0.15, 0.2) is 0 Å². The predicted molar refractivity (Wildman–Crippen MR) is 93.9 cm³/mol. The summed E-state index contributed by atoms with van der Waals surface area (Å²) in [6, 6.07) is 8.35. The average Bonchev–Trinajstić information content (AvgIpc) is 2.49. The number of ether oxygens (including phenoxy) is 1. The fraction of sp³-hybridized carbons (Fsp3) is 0.611. The predicted octanol–water partition coefficient (Wildman–Crippen LogP) is 2.68. The Morgan fingerprint density at radius 3 is 2.57 bits per heavy atom. The van der Waals surface area contributed by atoms with Crippen LogP contribution in [0.2, 0.25) is 0 Å². The number of nitrogens with one attached hydrogen (secondary N) is 1. The third-order valence-corrected chi connectivity index (χ3v) is 5.25. The maximum atomic E-state index is 12.5. The Kier molecular flexibility index (Phi) is 6.31. The molecule has 0 spiro atoms. The number of fused-ring (bicyclic) bond motifs is 2. The minimum absolute atomic E-state index is 0. The molecule has 2 atom stereocenters. The molecule has 2 bridgehead atoms. The zero-order valence-electron chi connectivity index (χ0n) is 13.7. The highest BCUT2D eigenvalue weighted by Crippen LogP contribution is 2.39. The summed E-state index contributed by atoms with van der Waals surface area (Å²) in [4.78, 5) is 12.5. The zero-order chi connectivity index (χ0) is 15.5. The van der Waals surface area contributed by atoms with Gasteiger partial charge in [-0.1, -0.05) is 24.6 Å². The molecule has 2 aliphatic carbocycles. The van der Waals surface area contributed by atoms with E-state index in [2.05, 4.69) is 5.32 Å². The molecule has 2 unspecified atom stereocenters. The molecule has 2 aliphatic rings. The first kappa shape index (κ1) is 18.1. The van der Waals surface area contributed by atoms with Crippen LogP contribution in [0.25, 0.3) is 0 Å². The summed E-state index contributed by atoms with van der Waals surface area (Å²) in [6.07, 6.45) is 6.16. The van der Waals surface area contributed by atoms with Crippen LogP contribution in [0.4, 0.5) is 0 Å². The quantitative estimate of drug-likeness (QED) is 0.887. The fourth-order valence-corrected chi connectivity index (χ4v) is 4.28. The highest BCUT2D eigenvalue weighted by Gasteiger charge is 2.39. The van der Waals surface area contributed by atoms with Crippen LogP contribution in [-0.4, -0.2) is 25.1 Å². The molecule has 0 aromatic heterocycles. The summed E-state index contributed by atoms with van der Waals surface area (Å²) < 4.78 is 5.33. The molecule has 3 rings (SSSR count). The number of rotatable bonds is 4. The Hall–Kier alpha value is -1.26. The number of nitrogens with two attached hydrogens (primary N) is 1. The first-order valence-corrected chi connectivity index (χ1v) is 8.34. The Morgan fingerprint density at radius 2 is 1.91 bits per heavy atom. The van der Waals surface area contributed by atoms with Crippen molar-refractivity contribution in [2.75, 3.05) is 7.11 Å². The van der Waals surface area contributed by atoms with Crippen LogP contribution in [0.5, 0.6) is 5.75 Å². The molecular formula is C18H27ClN2O2. The van der Waals surface area contributed by atoms with Gasteiger partial charge in [-0.2, -0.15) is 0 Å². The van der Waals surface area contributed by atoms with Crippen LogP contribution in [0.15, 0.2) is 24.3 Å². The van der Waals surface area contributed by atoms with E-state index < -0.39 is 0 Å². The number of methoxy groups -OCH3 is 1. The molecule has 0 heterocycles. The lowest BCUT2D eigenvalue weighted by atomic mass is 9.67. The molecule has 128 valence electrons. The van der Waals surface area contributed by atoms with Gasteiger partial charge < -0.3 is 15.8 Å². The molecule has 4 nitrogen and oxygen atoms in total. The summed E-state index contributed by atoms with van der Waals surface area (Å²) in [5, 5.41) is 3.29. The highest BCUT2D eigenvalue weighted by atomic mass is 35.5. The lowest BCUT2D eigenvalue weighted by Gasteiger charge is -2.45. The number of benzene rings is 1. The standard InChI is InChI=1S/C18H26N2O2.ClH/c1-22-16-8-3-2-5-12(16)11-17(21)20-18-13-6-4-7-14(18)10-15(19)9-13;/h2-3,5,8,13-15,18H,4,6-7,9-11,19H2,1H3,(H,20,21);1H. The lowest BCUT2D eigenvalue weighted by Crippen LogP contribution is -2.54. The number of halogens is 1. The molecule has 2 saturated carbocycles. The van der Waals surface area contributed by atoms with Crippen molar-refractivity contribution < 1.29 is 9.53 Å². The number of amides is 1. The van der Waals surface area contributed by atoms with Gasteiger partial charge in [0.1, 0.15) is 5.75 Å². The van der Waals surface area contributed by atoms with Gasteiger partial charge in [0.05, 0.1) is 13.5 Å². The average molecular weight is 339 g/mol. The Bertz CT molecular complexity index is 524. The van der Waals surface area contributed by atoms with Gasteiger partial charge >= 0.3 is 0 Å². The van der Waals surface area contributed by atoms with Crippen molar-refractivity contribution >= 4 is 18.3 Å². The lowest BCUT2D eigenvalue weighted by molar-refractivity contribution is -0.122. The van der Waals surface area contributed by atoms with Gasteiger partial charge in [0.25, 0.3) is 0 Å². The number of para-hydroxylation sites is 1.